The van der Waals surface area contributed by atoms with E-state index in [1.165, 1.54) is 23.9 Å². The summed E-state index contributed by atoms with van der Waals surface area (Å²) in [5.74, 6) is -0.132. The largest absolute Gasteiger partial charge is 0.397 e. The lowest BCUT2D eigenvalue weighted by Crippen LogP contribution is -2.15. The third kappa shape index (κ3) is 4.41. The minimum Gasteiger partial charge on any atom is -0.397 e. The number of nitrogens with one attached hydrogen (secondary N) is 1. The fraction of sp³-hybridized carbons (Fsp3) is 0.0769. The first-order valence-electron chi connectivity index (χ1n) is 5.75. The first kappa shape index (κ1) is 16.2. The van der Waals surface area contributed by atoms with E-state index in [4.69, 9.17) is 40.5 Å². The Morgan fingerprint density at radius 1 is 1.29 bits per heavy atom. The van der Waals surface area contributed by atoms with Crippen molar-refractivity contribution in [3.63, 3.8) is 0 Å². The SMILES string of the molecule is Nc1cc(Cl)cc(Cl)c1NC(=O)CSc1ncccc1Cl. The minimum absolute atomic E-state index is 0.134. The van der Waals surface area contributed by atoms with Gasteiger partial charge in [-0.2, -0.15) is 0 Å². The quantitative estimate of drug-likeness (QED) is 0.626. The number of nitrogens with zero attached hydrogens (tertiary/aromatic N) is 1. The Hall–Kier alpha value is -1.14. The van der Waals surface area contributed by atoms with Gasteiger partial charge in [0, 0.05) is 11.2 Å². The molecule has 110 valence electrons. The molecule has 0 saturated heterocycles. The highest BCUT2D eigenvalue weighted by Crippen LogP contribution is 2.32. The lowest BCUT2D eigenvalue weighted by Gasteiger charge is -2.10. The number of pyridine rings is 1. The second kappa shape index (κ2) is 7.22. The summed E-state index contributed by atoms with van der Waals surface area (Å²) in [6.07, 6.45) is 1.61. The second-order valence-corrected chi connectivity index (χ2v) is 6.19. The summed E-state index contributed by atoms with van der Waals surface area (Å²) >= 11 is 19.0. The van der Waals surface area contributed by atoms with E-state index in [-0.39, 0.29) is 16.7 Å². The molecule has 0 aliphatic rings. The second-order valence-electron chi connectivity index (χ2n) is 3.98. The van der Waals surface area contributed by atoms with Crippen molar-refractivity contribution in [3.05, 3.63) is 45.5 Å². The number of aromatic nitrogens is 1. The van der Waals surface area contributed by atoms with Gasteiger partial charge in [0.05, 0.1) is 27.2 Å². The summed E-state index contributed by atoms with van der Waals surface area (Å²) in [7, 11) is 0. The number of nitrogens with two attached hydrogens (primary N) is 1. The van der Waals surface area contributed by atoms with Crippen LogP contribution in [0.5, 0.6) is 0 Å². The Morgan fingerprint density at radius 2 is 2.05 bits per heavy atom. The van der Waals surface area contributed by atoms with Crippen molar-refractivity contribution in [2.24, 2.45) is 0 Å². The Balaban J connectivity index is 2.01. The van der Waals surface area contributed by atoms with Gasteiger partial charge < -0.3 is 11.1 Å². The predicted molar refractivity (Wildman–Crippen MR) is 89.5 cm³/mol. The van der Waals surface area contributed by atoms with Gasteiger partial charge in [-0.3, -0.25) is 4.79 Å². The number of rotatable bonds is 4. The molecule has 0 fully saturated rings. The Labute approximate surface area is 141 Å². The van der Waals surface area contributed by atoms with Gasteiger partial charge in [-0.05, 0) is 24.3 Å². The molecule has 0 unspecified atom stereocenters. The predicted octanol–water partition coefficient (Wildman–Crippen LogP) is 4.35. The Kier molecular flexibility index (Phi) is 5.58. The lowest BCUT2D eigenvalue weighted by atomic mass is 10.2. The first-order valence-corrected chi connectivity index (χ1v) is 7.87. The molecular formula is C13H10Cl3N3OS. The van der Waals surface area contributed by atoms with Gasteiger partial charge in [0.15, 0.2) is 0 Å². The van der Waals surface area contributed by atoms with E-state index in [0.717, 1.165) is 0 Å². The fourth-order valence-corrected chi connectivity index (χ4v) is 3.04. The molecule has 1 heterocycles. The van der Waals surface area contributed by atoms with Crippen LogP contribution in [0.4, 0.5) is 11.4 Å². The normalized spacial score (nSPS) is 10.4. The van der Waals surface area contributed by atoms with Crippen LogP contribution in [0.25, 0.3) is 0 Å². The molecule has 0 atom stereocenters. The Bertz CT molecular complexity index is 658. The smallest absolute Gasteiger partial charge is 0.234 e. The number of nitrogen functional groups attached to an aromatic ring is 1. The average molecular weight is 363 g/mol. The van der Waals surface area contributed by atoms with Crippen LogP contribution in [-0.2, 0) is 4.79 Å². The number of carbonyl (C=O) groups is 1. The molecule has 21 heavy (non-hydrogen) atoms. The molecule has 3 N–H and O–H groups in total. The molecule has 1 aromatic carbocycles. The first-order chi connectivity index (χ1) is 9.97. The van der Waals surface area contributed by atoms with E-state index in [1.807, 2.05) is 0 Å². The highest BCUT2D eigenvalue weighted by molar-refractivity contribution is 8.00. The van der Waals surface area contributed by atoms with Crippen molar-refractivity contribution >= 4 is 63.8 Å². The molecule has 0 aliphatic carbocycles. The van der Waals surface area contributed by atoms with Crippen LogP contribution in [0.1, 0.15) is 0 Å². The van der Waals surface area contributed by atoms with Gasteiger partial charge in [0.25, 0.3) is 0 Å². The van der Waals surface area contributed by atoms with E-state index >= 15 is 0 Å². The van der Waals surface area contributed by atoms with Gasteiger partial charge in [0.2, 0.25) is 5.91 Å². The van der Waals surface area contributed by atoms with Crippen molar-refractivity contribution in [2.45, 2.75) is 5.03 Å². The highest BCUT2D eigenvalue weighted by atomic mass is 35.5. The number of benzene rings is 1. The molecular weight excluding hydrogens is 353 g/mol. The Morgan fingerprint density at radius 3 is 2.71 bits per heavy atom. The number of amides is 1. The van der Waals surface area contributed by atoms with Crippen LogP contribution in [-0.4, -0.2) is 16.6 Å². The number of anilines is 2. The third-order valence-corrected chi connectivity index (χ3v) is 4.35. The summed E-state index contributed by atoms with van der Waals surface area (Å²) in [5, 5.41) is 4.43. The minimum atomic E-state index is -0.266. The summed E-state index contributed by atoms with van der Waals surface area (Å²) in [6, 6.07) is 6.47. The summed E-state index contributed by atoms with van der Waals surface area (Å²) in [6.45, 7) is 0. The van der Waals surface area contributed by atoms with E-state index < -0.39 is 0 Å². The van der Waals surface area contributed by atoms with Crippen LogP contribution in [0, 0.1) is 0 Å². The monoisotopic (exact) mass is 361 g/mol. The lowest BCUT2D eigenvalue weighted by molar-refractivity contribution is -0.113. The molecule has 2 aromatic rings. The van der Waals surface area contributed by atoms with Crippen LogP contribution in [0.2, 0.25) is 15.1 Å². The number of hydrogen-bond acceptors (Lipinski definition) is 4. The summed E-state index contributed by atoms with van der Waals surface area (Å²) in [4.78, 5) is 16.0. The van der Waals surface area contributed by atoms with Gasteiger partial charge in [-0.25, -0.2) is 4.98 Å². The zero-order chi connectivity index (χ0) is 15.4. The van der Waals surface area contributed by atoms with E-state index in [1.54, 1.807) is 18.3 Å². The highest BCUT2D eigenvalue weighted by Gasteiger charge is 2.12. The molecule has 0 radical (unpaired) electrons. The van der Waals surface area contributed by atoms with E-state index in [0.29, 0.717) is 26.4 Å². The van der Waals surface area contributed by atoms with Crippen molar-refractivity contribution in [2.75, 3.05) is 16.8 Å². The maximum atomic E-state index is 11.9. The number of thioether (sulfide) groups is 1. The van der Waals surface area contributed by atoms with Crippen LogP contribution in [0.15, 0.2) is 35.5 Å². The maximum absolute atomic E-state index is 11.9. The van der Waals surface area contributed by atoms with Crippen molar-refractivity contribution in [1.82, 2.24) is 4.98 Å². The molecule has 1 aromatic heterocycles. The van der Waals surface area contributed by atoms with Crippen LogP contribution < -0.4 is 11.1 Å². The molecule has 0 aliphatic heterocycles. The molecule has 8 heteroatoms. The zero-order valence-electron chi connectivity index (χ0n) is 10.6. The molecule has 1 amide bonds. The molecule has 2 rings (SSSR count). The van der Waals surface area contributed by atoms with Crippen molar-refractivity contribution < 1.29 is 4.79 Å². The molecule has 4 nitrogen and oxygen atoms in total. The van der Waals surface area contributed by atoms with E-state index in [9.17, 15) is 4.79 Å². The standard InChI is InChI=1S/C13H10Cl3N3OS/c14-7-4-9(16)12(10(17)5-7)19-11(20)6-21-13-8(15)2-1-3-18-13/h1-5H,6,17H2,(H,19,20). The topological polar surface area (TPSA) is 68.0 Å². The van der Waals surface area contributed by atoms with Crippen molar-refractivity contribution in [3.8, 4) is 0 Å². The average Bonchev–Trinajstić information content (AvgIpc) is 2.42. The number of carbonyl (C=O) groups excluding carboxylic acids is 1. The number of halogens is 3. The fourth-order valence-electron chi connectivity index (χ4n) is 1.51. The van der Waals surface area contributed by atoms with Gasteiger partial charge in [0.1, 0.15) is 5.03 Å². The zero-order valence-corrected chi connectivity index (χ0v) is 13.7. The molecule has 0 bridgehead atoms. The summed E-state index contributed by atoms with van der Waals surface area (Å²) < 4.78 is 0. The van der Waals surface area contributed by atoms with Crippen LogP contribution in [0.3, 0.4) is 0 Å². The van der Waals surface area contributed by atoms with Crippen LogP contribution >= 0.6 is 46.6 Å². The van der Waals surface area contributed by atoms with Gasteiger partial charge in [-0.1, -0.05) is 46.6 Å². The third-order valence-electron chi connectivity index (χ3n) is 2.41. The number of hydrogen-bond donors (Lipinski definition) is 2. The van der Waals surface area contributed by atoms with Gasteiger partial charge in [-0.15, -0.1) is 0 Å². The summed E-state index contributed by atoms with van der Waals surface area (Å²) in [5.41, 5.74) is 6.43. The van der Waals surface area contributed by atoms with Crippen molar-refractivity contribution in [1.29, 1.82) is 0 Å². The molecule has 0 saturated carbocycles. The van der Waals surface area contributed by atoms with E-state index in [2.05, 4.69) is 10.3 Å². The maximum Gasteiger partial charge on any atom is 0.234 e. The van der Waals surface area contributed by atoms with Gasteiger partial charge >= 0.3 is 0 Å². The molecule has 0 spiro atoms.